The van der Waals surface area contributed by atoms with Crippen molar-refractivity contribution in [1.82, 2.24) is 4.90 Å². The Balaban J connectivity index is 2.85. The maximum Gasteiger partial charge on any atom is 0.305 e. The van der Waals surface area contributed by atoms with Gasteiger partial charge in [-0.1, -0.05) is 12.7 Å². The number of ether oxygens (including phenoxy) is 2. The van der Waals surface area contributed by atoms with E-state index in [2.05, 4.69) is 6.58 Å². The molecule has 6 nitrogen and oxygen atoms in total. The lowest BCUT2D eigenvalue weighted by molar-refractivity contribution is -0.137. The number of nitrogens with zero attached hydrogens (tertiary/aromatic N) is 1. The number of hydrogen-bond donors (Lipinski definition) is 1. The van der Waals surface area contributed by atoms with Crippen LogP contribution in [0.25, 0.3) is 0 Å². The van der Waals surface area contributed by atoms with Crippen LogP contribution in [-0.2, 0) is 4.79 Å². The van der Waals surface area contributed by atoms with Gasteiger partial charge in [0, 0.05) is 19.2 Å². The molecule has 1 N–H and O–H groups in total. The van der Waals surface area contributed by atoms with Gasteiger partial charge in [-0.2, -0.15) is 0 Å². The maximum atomic E-state index is 12.2. The minimum absolute atomic E-state index is 0.0973. The van der Waals surface area contributed by atoms with Crippen molar-refractivity contribution in [3.8, 4) is 11.5 Å². The van der Waals surface area contributed by atoms with Crippen LogP contribution in [0.4, 0.5) is 0 Å². The summed E-state index contributed by atoms with van der Waals surface area (Å²) in [5.41, 5.74) is 0.408. The van der Waals surface area contributed by atoms with Crippen LogP contribution < -0.4 is 9.47 Å². The molecule has 0 aliphatic heterocycles. The highest BCUT2D eigenvalue weighted by Crippen LogP contribution is 2.28. The Hall–Kier alpha value is -2.50. The first-order valence-corrected chi connectivity index (χ1v) is 6.38. The van der Waals surface area contributed by atoms with Crippen molar-refractivity contribution in [2.45, 2.75) is 6.42 Å². The lowest BCUT2D eigenvalue weighted by atomic mass is 10.1. The first kappa shape index (κ1) is 16.6. The molecule has 0 aliphatic carbocycles. The summed E-state index contributed by atoms with van der Waals surface area (Å²) in [7, 11) is 3.04. The number of carbonyl (C=O) groups is 2. The Morgan fingerprint density at radius 2 is 2.10 bits per heavy atom. The second-order valence-corrected chi connectivity index (χ2v) is 4.34. The standard InChI is InChI=1S/C15H19NO5/c1-4-9-21-12-6-5-11(10-13(12)20-3)15(19)16(2)8-7-14(17)18/h4-6,10H,1,7-9H2,2-3H3,(H,17,18). The summed E-state index contributed by atoms with van der Waals surface area (Å²) in [6.45, 7) is 4.04. The molecule has 0 atom stereocenters. The SMILES string of the molecule is C=CCOc1ccc(C(=O)N(C)CCC(=O)O)cc1OC. The van der Waals surface area contributed by atoms with Crippen LogP contribution in [-0.4, -0.2) is 49.2 Å². The predicted octanol–water partition coefficient (Wildman–Crippen LogP) is 1.81. The number of methoxy groups -OCH3 is 1. The molecule has 0 heterocycles. The zero-order valence-electron chi connectivity index (χ0n) is 12.2. The third-order valence-electron chi connectivity index (χ3n) is 2.78. The summed E-state index contributed by atoms with van der Waals surface area (Å²) in [4.78, 5) is 24.1. The minimum atomic E-state index is -0.944. The number of amides is 1. The molecule has 0 fully saturated rings. The molecule has 0 bridgehead atoms. The number of carboxylic acid groups (broad SMARTS) is 1. The summed E-state index contributed by atoms with van der Waals surface area (Å²) in [6.07, 6.45) is 1.51. The molecule has 0 unspecified atom stereocenters. The first-order valence-electron chi connectivity index (χ1n) is 6.38. The zero-order chi connectivity index (χ0) is 15.8. The Bertz CT molecular complexity index is 527. The van der Waals surface area contributed by atoms with Gasteiger partial charge in [-0.3, -0.25) is 9.59 Å². The van der Waals surface area contributed by atoms with Crippen LogP contribution in [0.3, 0.4) is 0 Å². The van der Waals surface area contributed by atoms with Crippen LogP contribution in [0.2, 0.25) is 0 Å². The highest BCUT2D eigenvalue weighted by Gasteiger charge is 2.15. The number of carboxylic acids is 1. The van der Waals surface area contributed by atoms with Gasteiger partial charge in [0.1, 0.15) is 6.61 Å². The van der Waals surface area contributed by atoms with Gasteiger partial charge in [0.05, 0.1) is 13.5 Å². The molecule has 21 heavy (non-hydrogen) atoms. The second kappa shape index (κ2) is 7.94. The third-order valence-corrected chi connectivity index (χ3v) is 2.78. The van der Waals surface area contributed by atoms with E-state index in [9.17, 15) is 9.59 Å². The van der Waals surface area contributed by atoms with E-state index in [1.807, 2.05) is 0 Å². The van der Waals surface area contributed by atoms with E-state index in [0.29, 0.717) is 23.7 Å². The van der Waals surface area contributed by atoms with Crippen LogP contribution in [0, 0.1) is 0 Å². The molecule has 1 amide bonds. The highest BCUT2D eigenvalue weighted by molar-refractivity contribution is 5.94. The van der Waals surface area contributed by atoms with Gasteiger partial charge in [0.2, 0.25) is 0 Å². The fourth-order valence-electron chi connectivity index (χ4n) is 1.65. The summed E-state index contributed by atoms with van der Waals surface area (Å²) in [6, 6.07) is 4.82. The van der Waals surface area contributed by atoms with Crippen molar-refractivity contribution in [3.63, 3.8) is 0 Å². The van der Waals surface area contributed by atoms with Crippen LogP contribution in [0.5, 0.6) is 11.5 Å². The van der Waals surface area contributed by atoms with Crippen molar-refractivity contribution >= 4 is 11.9 Å². The van der Waals surface area contributed by atoms with Crippen molar-refractivity contribution in [1.29, 1.82) is 0 Å². The molecular formula is C15H19NO5. The summed E-state index contributed by atoms with van der Waals surface area (Å²) in [5.74, 6) is -0.262. The van der Waals surface area contributed by atoms with Gasteiger partial charge in [-0.15, -0.1) is 0 Å². The van der Waals surface area contributed by atoms with E-state index < -0.39 is 5.97 Å². The van der Waals surface area contributed by atoms with E-state index in [-0.39, 0.29) is 18.9 Å². The second-order valence-electron chi connectivity index (χ2n) is 4.34. The Morgan fingerprint density at radius 1 is 1.38 bits per heavy atom. The lowest BCUT2D eigenvalue weighted by Gasteiger charge is -2.17. The number of hydrogen-bond acceptors (Lipinski definition) is 4. The average molecular weight is 293 g/mol. The van der Waals surface area contributed by atoms with E-state index in [1.165, 1.54) is 12.0 Å². The zero-order valence-corrected chi connectivity index (χ0v) is 12.2. The van der Waals surface area contributed by atoms with Crippen molar-refractivity contribution in [2.24, 2.45) is 0 Å². The van der Waals surface area contributed by atoms with Crippen molar-refractivity contribution in [3.05, 3.63) is 36.4 Å². The number of aliphatic carboxylic acids is 1. The predicted molar refractivity (Wildman–Crippen MR) is 77.9 cm³/mol. The Kier molecular flexibility index (Phi) is 6.26. The minimum Gasteiger partial charge on any atom is -0.493 e. The van der Waals surface area contributed by atoms with Crippen molar-refractivity contribution < 1.29 is 24.2 Å². The molecule has 0 spiro atoms. The summed E-state index contributed by atoms with van der Waals surface area (Å²) >= 11 is 0. The van der Waals surface area contributed by atoms with Gasteiger partial charge in [-0.25, -0.2) is 0 Å². The molecule has 0 saturated carbocycles. The lowest BCUT2D eigenvalue weighted by Crippen LogP contribution is -2.29. The smallest absolute Gasteiger partial charge is 0.305 e. The van der Waals surface area contributed by atoms with Gasteiger partial charge < -0.3 is 19.5 Å². The number of carbonyl (C=O) groups excluding carboxylic acids is 1. The molecule has 0 aromatic heterocycles. The maximum absolute atomic E-state index is 12.2. The van der Waals surface area contributed by atoms with E-state index in [0.717, 1.165) is 0 Å². The fraction of sp³-hybridized carbons (Fsp3) is 0.333. The normalized spacial score (nSPS) is 9.81. The molecular weight excluding hydrogens is 274 g/mol. The Labute approximate surface area is 123 Å². The first-order chi connectivity index (χ1) is 9.99. The Morgan fingerprint density at radius 3 is 2.67 bits per heavy atom. The molecule has 1 aromatic rings. The molecule has 0 radical (unpaired) electrons. The molecule has 0 aliphatic rings. The van der Waals surface area contributed by atoms with E-state index in [4.69, 9.17) is 14.6 Å². The van der Waals surface area contributed by atoms with Crippen LogP contribution in [0.1, 0.15) is 16.8 Å². The third kappa shape index (κ3) is 4.83. The van der Waals surface area contributed by atoms with Crippen LogP contribution >= 0.6 is 0 Å². The summed E-state index contributed by atoms with van der Waals surface area (Å²) < 4.78 is 10.6. The summed E-state index contributed by atoms with van der Waals surface area (Å²) in [5, 5.41) is 8.63. The monoisotopic (exact) mass is 293 g/mol. The molecule has 6 heteroatoms. The van der Waals surface area contributed by atoms with Gasteiger partial charge >= 0.3 is 5.97 Å². The van der Waals surface area contributed by atoms with E-state index >= 15 is 0 Å². The van der Waals surface area contributed by atoms with Gasteiger partial charge in [-0.05, 0) is 18.2 Å². The highest BCUT2D eigenvalue weighted by atomic mass is 16.5. The quantitative estimate of drug-likeness (QED) is 0.740. The van der Waals surface area contributed by atoms with Gasteiger partial charge in [0.15, 0.2) is 11.5 Å². The molecule has 1 aromatic carbocycles. The fourth-order valence-corrected chi connectivity index (χ4v) is 1.65. The average Bonchev–Trinajstić information content (AvgIpc) is 2.49. The van der Waals surface area contributed by atoms with E-state index in [1.54, 1.807) is 31.3 Å². The molecule has 114 valence electrons. The molecule has 1 rings (SSSR count). The van der Waals surface area contributed by atoms with Crippen molar-refractivity contribution in [2.75, 3.05) is 27.3 Å². The largest absolute Gasteiger partial charge is 0.493 e. The number of benzene rings is 1. The molecule has 0 saturated heterocycles. The van der Waals surface area contributed by atoms with Gasteiger partial charge in [0.25, 0.3) is 5.91 Å². The number of rotatable bonds is 8. The van der Waals surface area contributed by atoms with Crippen LogP contribution in [0.15, 0.2) is 30.9 Å². The topological polar surface area (TPSA) is 76.1 Å².